The number of nitrogens with zero attached hydrogens (tertiary/aromatic N) is 1. The number of rotatable bonds is 10. The van der Waals surface area contributed by atoms with Gasteiger partial charge in [0.25, 0.3) is 0 Å². The van der Waals surface area contributed by atoms with E-state index in [4.69, 9.17) is 18.9 Å². The topological polar surface area (TPSA) is 119 Å². The van der Waals surface area contributed by atoms with E-state index in [-0.39, 0.29) is 12.3 Å². The number of hydrogen-bond donors (Lipinski definition) is 2. The lowest BCUT2D eigenvalue weighted by Crippen LogP contribution is -2.34. The van der Waals surface area contributed by atoms with Crippen molar-refractivity contribution >= 4 is 11.8 Å². The van der Waals surface area contributed by atoms with Gasteiger partial charge in [-0.25, -0.2) is 0 Å². The van der Waals surface area contributed by atoms with Crippen molar-refractivity contribution in [3.63, 3.8) is 0 Å². The van der Waals surface area contributed by atoms with Gasteiger partial charge in [-0.1, -0.05) is 12.1 Å². The molecule has 0 spiro atoms. The molecule has 2 aromatic carbocycles. The second-order valence-corrected chi connectivity index (χ2v) is 6.82. The summed E-state index contributed by atoms with van der Waals surface area (Å²) in [6, 6.07) is 10.8. The van der Waals surface area contributed by atoms with Gasteiger partial charge in [-0.05, 0) is 35.4 Å². The van der Waals surface area contributed by atoms with Gasteiger partial charge in [-0.3, -0.25) is 9.59 Å². The van der Waals surface area contributed by atoms with Crippen molar-refractivity contribution in [2.24, 2.45) is 0 Å². The van der Waals surface area contributed by atoms with Crippen molar-refractivity contribution in [3.05, 3.63) is 47.5 Å². The highest BCUT2D eigenvalue weighted by Crippen LogP contribution is 2.39. The van der Waals surface area contributed by atoms with Crippen molar-refractivity contribution in [3.8, 4) is 29.1 Å². The Labute approximate surface area is 187 Å². The molecule has 0 saturated carbocycles. The van der Waals surface area contributed by atoms with Crippen molar-refractivity contribution in [1.29, 1.82) is 5.26 Å². The molecular formula is C23H27N3O6. The summed E-state index contributed by atoms with van der Waals surface area (Å²) in [4.78, 5) is 24.5. The molecule has 2 unspecified atom stereocenters. The van der Waals surface area contributed by atoms with Gasteiger partial charge >= 0.3 is 0 Å². The van der Waals surface area contributed by atoms with Gasteiger partial charge in [-0.2, -0.15) is 5.26 Å². The van der Waals surface area contributed by atoms with Gasteiger partial charge in [-0.15, -0.1) is 0 Å². The molecule has 0 fully saturated rings. The Morgan fingerprint density at radius 2 is 1.50 bits per heavy atom. The summed E-state index contributed by atoms with van der Waals surface area (Å²) in [5.41, 5.74) is 1.20. The quantitative estimate of drug-likeness (QED) is 0.582. The molecule has 9 nitrogen and oxygen atoms in total. The minimum Gasteiger partial charge on any atom is -0.497 e. The molecule has 0 bridgehead atoms. The molecule has 0 heterocycles. The van der Waals surface area contributed by atoms with Crippen LogP contribution in [0.3, 0.4) is 0 Å². The van der Waals surface area contributed by atoms with Crippen LogP contribution in [0.15, 0.2) is 36.4 Å². The number of methoxy groups -OCH3 is 4. The first-order valence-corrected chi connectivity index (χ1v) is 9.76. The van der Waals surface area contributed by atoms with Gasteiger partial charge in [0.05, 0.1) is 47.0 Å². The first-order chi connectivity index (χ1) is 15.4. The number of nitriles is 1. The SMILES string of the molecule is COc1ccc(C(CC(=O)NC(C#N)c2cc(OC)c(OC)c(OC)c2)NC(C)=O)cc1. The molecule has 2 atom stereocenters. The van der Waals surface area contributed by atoms with E-state index in [1.807, 2.05) is 0 Å². The molecule has 32 heavy (non-hydrogen) atoms. The van der Waals surface area contributed by atoms with Crippen LogP contribution in [-0.2, 0) is 9.59 Å². The fraction of sp³-hybridized carbons (Fsp3) is 0.348. The number of nitrogens with one attached hydrogen (secondary N) is 2. The number of hydrogen-bond acceptors (Lipinski definition) is 7. The van der Waals surface area contributed by atoms with Crippen LogP contribution in [0.25, 0.3) is 0 Å². The molecule has 0 radical (unpaired) electrons. The zero-order valence-corrected chi connectivity index (χ0v) is 18.7. The third kappa shape index (κ3) is 6.04. The van der Waals surface area contributed by atoms with Crippen LogP contribution in [0.2, 0.25) is 0 Å². The van der Waals surface area contributed by atoms with Crippen LogP contribution < -0.4 is 29.6 Å². The second kappa shape index (κ2) is 11.5. The Morgan fingerprint density at radius 1 is 0.906 bits per heavy atom. The summed E-state index contributed by atoms with van der Waals surface area (Å²) >= 11 is 0. The summed E-state index contributed by atoms with van der Waals surface area (Å²) in [6.45, 7) is 1.38. The van der Waals surface area contributed by atoms with Gasteiger partial charge in [0.15, 0.2) is 11.5 Å². The maximum absolute atomic E-state index is 12.8. The van der Waals surface area contributed by atoms with Crippen molar-refractivity contribution in [2.45, 2.75) is 25.4 Å². The molecular weight excluding hydrogens is 414 g/mol. The third-order valence-corrected chi connectivity index (χ3v) is 4.74. The summed E-state index contributed by atoms with van der Waals surface area (Å²) in [7, 11) is 5.96. The molecule has 0 aliphatic heterocycles. The number of carbonyl (C=O) groups excluding carboxylic acids is 2. The van der Waals surface area contributed by atoms with Crippen molar-refractivity contribution in [2.75, 3.05) is 28.4 Å². The summed E-state index contributed by atoms with van der Waals surface area (Å²) in [6.07, 6.45) is -0.0610. The summed E-state index contributed by atoms with van der Waals surface area (Å²) in [5, 5.41) is 15.1. The Balaban J connectivity index is 2.24. The zero-order chi connectivity index (χ0) is 23.7. The minimum atomic E-state index is -0.968. The molecule has 2 rings (SSSR count). The van der Waals surface area contributed by atoms with Crippen LogP contribution in [0, 0.1) is 11.3 Å². The Morgan fingerprint density at radius 3 is 1.94 bits per heavy atom. The largest absolute Gasteiger partial charge is 0.497 e. The van der Waals surface area contributed by atoms with Crippen LogP contribution >= 0.6 is 0 Å². The van der Waals surface area contributed by atoms with Crippen LogP contribution in [0.1, 0.15) is 36.6 Å². The first kappa shape index (κ1) is 24.3. The highest BCUT2D eigenvalue weighted by Gasteiger charge is 2.23. The molecule has 170 valence electrons. The average molecular weight is 441 g/mol. The number of amides is 2. The number of benzene rings is 2. The maximum atomic E-state index is 12.8. The van der Waals surface area contributed by atoms with E-state index in [0.717, 1.165) is 5.56 Å². The minimum absolute atomic E-state index is 0.0610. The van der Waals surface area contributed by atoms with E-state index in [1.54, 1.807) is 43.5 Å². The van der Waals surface area contributed by atoms with E-state index in [1.165, 1.54) is 28.3 Å². The van der Waals surface area contributed by atoms with E-state index < -0.39 is 18.0 Å². The van der Waals surface area contributed by atoms with Crippen LogP contribution in [0.5, 0.6) is 23.0 Å². The van der Waals surface area contributed by atoms with Gasteiger partial charge in [0.1, 0.15) is 11.8 Å². The Kier molecular flexibility index (Phi) is 8.72. The molecule has 0 aliphatic rings. The first-order valence-electron chi connectivity index (χ1n) is 9.76. The highest BCUT2D eigenvalue weighted by molar-refractivity contribution is 5.80. The predicted molar refractivity (Wildman–Crippen MR) is 117 cm³/mol. The third-order valence-electron chi connectivity index (χ3n) is 4.74. The van der Waals surface area contributed by atoms with Crippen molar-refractivity contribution in [1.82, 2.24) is 10.6 Å². The van der Waals surface area contributed by atoms with E-state index >= 15 is 0 Å². The second-order valence-electron chi connectivity index (χ2n) is 6.82. The van der Waals surface area contributed by atoms with Crippen LogP contribution in [0.4, 0.5) is 0 Å². The fourth-order valence-corrected chi connectivity index (χ4v) is 3.20. The monoisotopic (exact) mass is 441 g/mol. The molecule has 2 amide bonds. The van der Waals surface area contributed by atoms with Gasteiger partial charge in [0, 0.05) is 6.92 Å². The lowest BCUT2D eigenvalue weighted by Gasteiger charge is -2.20. The number of carbonyl (C=O) groups is 2. The molecule has 9 heteroatoms. The molecule has 2 N–H and O–H groups in total. The molecule has 2 aromatic rings. The normalized spacial score (nSPS) is 12.0. The smallest absolute Gasteiger partial charge is 0.223 e. The summed E-state index contributed by atoms with van der Waals surface area (Å²) in [5.74, 6) is 1.08. The summed E-state index contributed by atoms with van der Waals surface area (Å²) < 4.78 is 21.1. The molecule has 0 aliphatic carbocycles. The lowest BCUT2D eigenvalue weighted by atomic mass is 10.0. The fourth-order valence-electron chi connectivity index (χ4n) is 3.20. The zero-order valence-electron chi connectivity index (χ0n) is 18.7. The van der Waals surface area contributed by atoms with Crippen LogP contribution in [-0.4, -0.2) is 40.3 Å². The van der Waals surface area contributed by atoms with E-state index in [2.05, 4.69) is 16.7 Å². The van der Waals surface area contributed by atoms with E-state index in [0.29, 0.717) is 28.6 Å². The Bertz CT molecular complexity index is 959. The average Bonchev–Trinajstić information content (AvgIpc) is 2.80. The molecule has 0 saturated heterocycles. The number of ether oxygens (including phenoxy) is 4. The van der Waals surface area contributed by atoms with Crippen molar-refractivity contribution < 1.29 is 28.5 Å². The Hall–Kier alpha value is -3.93. The van der Waals surface area contributed by atoms with Gasteiger partial charge in [0.2, 0.25) is 17.6 Å². The predicted octanol–water partition coefficient (Wildman–Crippen LogP) is 2.67. The standard InChI is InChI=1S/C23H27N3O6/c1-14(27)25-18(15-6-8-17(29-2)9-7-15)12-22(28)26-19(13-24)16-10-20(30-3)23(32-5)21(11-16)31-4/h6-11,18-19H,12H2,1-5H3,(H,25,27)(H,26,28). The lowest BCUT2D eigenvalue weighted by molar-refractivity contribution is -0.123. The highest BCUT2D eigenvalue weighted by atomic mass is 16.5. The molecule has 0 aromatic heterocycles. The van der Waals surface area contributed by atoms with Gasteiger partial charge < -0.3 is 29.6 Å². The van der Waals surface area contributed by atoms with E-state index in [9.17, 15) is 14.9 Å². The maximum Gasteiger partial charge on any atom is 0.223 e.